The zero-order valence-corrected chi connectivity index (χ0v) is 12.1. The van der Waals surface area contributed by atoms with Crippen molar-refractivity contribution in [3.63, 3.8) is 0 Å². The summed E-state index contributed by atoms with van der Waals surface area (Å²) in [5.41, 5.74) is 8.84. The van der Waals surface area contributed by atoms with Crippen molar-refractivity contribution in [1.29, 1.82) is 0 Å². The fourth-order valence-electron chi connectivity index (χ4n) is 3.54. The Morgan fingerprint density at radius 3 is 2.65 bits per heavy atom. The van der Waals surface area contributed by atoms with Gasteiger partial charge in [-0.2, -0.15) is 0 Å². The first kappa shape index (κ1) is 13.6. The van der Waals surface area contributed by atoms with Crippen LogP contribution < -0.4 is 5.73 Å². The van der Waals surface area contributed by atoms with Crippen molar-refractivity contribution in [2.75, 3.05) is 0 Å². The third kappa shape index (κ3) is 3.01. The summed E-state index contributed by atoms with van der Waals surface area (Å²) in [5.74, 6) is 0.805. The Balaban J connectivity index is 1.79. The van der Waals surface area contributed by atoms with Gasteiger partial charge in [-0.3, -0.25) is 4.98 Å². The van der Waals surface area contributed by atoms with Crippen LogP contribution in [0, 0.1) is 5.92 Å². The Kier molecular flexibility index (Phi) is 4.31. The fraction of sp³-hybridized carbons (Fsp3) is 0.500. The maximum Gasteiger partial charge on any atom is 0.0705 e. The predicted octanol–water partition coefficient (Wildman–Crippen LogP) is 4.60. The normalized spacial score (nSPS) is 18.9. The lowest BCUT2D eigenvalue weighted by Crippen LogP contribution is -2.15. The molecule has 2 heteroatoms. The summed E-state index contributed by atoms with van der Waals surface area (Å²) in [4.78, 5) is 4.43. The van der Waals surface area contributed by atoms with E-state index in [2.05, 4.69) is 29.2 Å². The SMILES string of the molecule is NC(CC1CCCCCC1)c1cccc2ncccc12. The van der Waals surface area contributed by atoms with Crippen LogP contribution in [0.5, 0.6) is 0 Å². The van der Waals surface area contributed by atoms with Crippen LogP contribution >= 0.6 is 0 Å². The number of pyridine rings is 1. The highest BCUT2D eigenvalue weighted by atomic mass is 14.7. The minimum Gasteiger partial charge on any atom is -0.324 e. The molecule has 106 valence electrons. The van der Waals surface area contributed by atoms with Crippen molar-refractivity contribution in [3.8, 4) is 0 Å². The van der Waals surface area contributed by atoms with E-state index in [4.69, 9.17) is 5.73 Å². The number of benzene rings is 1. The largest absolute Gasteiger partial charge is 0.324 e. The predicted molar refractivity (Wildman–Crippen MR) is 84.5 cm³/mol. The molecule has 0 amide bonds. The number of hydrogen-bond acceptors (Lipinski definition) is 2. The second kappa shape index (κ2) is 6.36. The van der Waals surface area contributed by atoms with E-state index in [1.165, 1.54) is 49.5 Å². The second-order valence-electron chi connectivity index (χ2n) is 6.12. The van der Waals surface area contributed by atoms with Gasteiger partial charge in [0.15, 0.2) is 0 Å². The maximum absolute atomic E-state index is 6.52. The Hall–Kier alpha value is -1.41. The molecular formula is C18H24N2. The second-order valence-corrected chi connectivity index (χ2v) is 6.12. The van der Waals surface area contributed by atoms with E-state index >= 15 is 0 Å². The van der Waals surface area contributed by atoms with Crippen molar-refractivity contribution in [2.24, 2.45) is 11.7 Å². The molecular weight excluding hydrogens is 244 g/mol. The van der Waals surface area contributed by atoms with Crippen molar-refractivity contribution in [1.82, 2.24) is 4.98 Å². The first-order valence-electron chi connectivity index (χ1n) is 7.94. The molecule has 3 rings (SSSR count). The van der Waals surface area contributed by atoms with Gasteiger partial charge in [0, 0.05) is 17.6 Å². The molecule has 1 saturated carbocycles. The first-order valence-corrected chi connectivity index (χ1v) is 7.94. The molecule has 1 aliphatic carbocycles. The van der Waals surface area contributed by atoms with Crippen LogP contribution in [0.4, 0.5) is 0 Å². The summed E-state index contributed by atoms with van der Waals surface area (Å²) in [6.45, 7) is 0. The van der Waals surface area contributed by atoms with Crippen LogP contribution in [0.3, 0.4) is 0 Å². The van der Waals surface area contributed by atoms with Crippen LogP contribution in [0.1, 0.15) is 56.6 Å². The van der Waals surface area contributed by atoms with E-state index in [9.17, 15) is 0 Å². The molecule has 0 saturated heterocycles. The third-order valence-electron chi connectivity index (χ3n) is 4.64. The zero-order chi connectivity index (χ0) is 13.8. The maximum atomic E-state index is 6.52. The van der Waals surface area contributed by atoms with Crippen LogP contribution in [-0.2, 0) is 0 Å². The molecule has 1 aliphatic rings. The average molecular weight is 268 g/mol. The number of rotatable bonds is 3. The standard InChI is InChI=1S/C18H24N2/c19-17(13-14-7-3-1-2-4-8-14)15-9-5-11-18-16(15)10-6-12-20-18/h5-6,9-12,14,17H,1-4,7-8,13,19H2. The summed E-state index contributed by atoms with van der Waals surface area (Å²) >= 11 is 0. The molecule has 1 aromatic heterocycles. The molecule has 0 aliphatic heterocycles. The molecule has 1 fully saturated rings. The van der Waals surface area contributed by atoms with Gasteiger partial charge in [-0.1, -0.05) is 56.7 Å². The number of aromatic nitrogens is 1. The van der Waals surface area contributed by atoms with E-state index in [1.54, 1.807) is 0 Å². The van der Waals surface area contributed by atoms with Gasteiger partial charge < -0.3 is 5.73 Å². The smallest absolute Gasteiger partial charge is 0.0705 e. The molecule has 1 heterocycles. The van der Waals surface area contributed by atoms with Crippen molar-refractivity contribution in [2.45, 2.75) is 51.0 Å². The average Bonchev–Trinajstić information content (AvgIpc) is 2.75. The van der Waals surface area contributed by atoms with E-state index in [0.717, 1.165) is 17.9 Å². The van der Waals surface area contributed by atoms with E-state index in [1.807, 2.05) is 12.3 Å². The number of fused-ring (bicyclic) bond motifs is 1. The number of hydrogen-bond donors (Lipinski definition) is 1. The molecule has 20 heavy (non-hydrogen) atoms. The van der Waals surface area contributed by atoms with Gasteiger partial charge in [0.25, 0.3) is 0 Å². The molecule has 1 atom stereocenters. The van der Waals surface area contributed by atoms with Crippen molar-refractivity contribution >= 4 is 10.9 Å². The summed E-state index contributed by atoms with van der Waals surface area (Å²) in [7, 11) is 0. The minimum atomic E-state index is 0.144. The first-order chi connectivity index (χ1) is 9.84. The molecule has 2 nitrogen and oxygen atoms in total. The molecule has 2 N–H and O–H groups in total. The van der Waals surface area contributed by atoms with Gasteiger partial charge in [0.05, 0.1) is 5.52 Å². The summed E-state index contributed by atoms with van der Waals surface area (Å²) < 4.78 is 0. The van der Waals surface area contributed by atoms with Gasteiger partial charge in [-0.15, -0.1) is 0 Å². The lowest BCUT2D eigenvalue weighted by molar-refractivity contribution is 0.394. The Labute approximate surface area is 121 Å². The molecule has 1 unspecified atom stereocenters. The van der Waals surface area contributed by atoms with E-state index in [-0.39, 0.29) is 6.04 Å². The molecule has 0 spiro atoms. The van der Waals surface area contributed by atoms with Crippen molar-refractivity contribution < 1.29 is 0 Å². The van der Waals surface area contributed by atoms with Gasteiger partial charge in [-0.25, -0.2) is 0 Å². The highest BCUT2D eigenvalue weighted by molar-refractivity contribution is 5.82. The lowest BCUT2D eigenvalue weighted by Gasteiger charge is -2.20. The Bertz CT molecular complexity index is 551. The molecule has 2 aromatic rings. The van der Waals surface area contributed by atoms with Crippen LogP contribution in [-0.4, -0.2) is 4.98 Å². The van der Waals surface area contributed by atoms with Gasteiger partial charge in [-0.05, 0) is 30.0 Å². The van der Waals surface area contributed by atoms with Gasteiger partial charge in [0.2, 0.25) is 0 Å². The zero-order valence-electron chi connectivity index (χ0n) is 12.1. The van der Waals surface area contributed by atoms with Gasteiger partial charge in [0.1, 0.15) is 0 Å². The Morgan fingerprint density at radius 2 is 1.85 bits per heavy atom. The topological polar surface area (TPSA) is 38.9 Å². The van der Waals surface area contributed by atoms with Crippen molar-refractivity contribution in [3.05, 3.63) is 42.1 Å². The third-order valence-corrected chi connectivity index (χ3v) is 4.64. The summed E-state index contributed by atoms with van der Waals surface area (Å²) in [6, 6.07) is 10.6. The monoisotopic (exact) mass is 268 g/mol. The lowest BCUT2D eigenvalue weighted by atomic mass is 9.89. The van der Waals surface area contributed by atoms with E-state index in [0.29, 0.717) is 0 Å². The quantitative estimate of drug-likeness (QED) is 0.826. The van der Waals surface area contributed by atoms with Gasteiger partial charge >= 0.3 is 0 Å². The highest BCUT2D eigenvalue weighted by Crippen LogP contribution is 2.32. The van der Waals surface area contributed by atoms with E-state index < -0.39 is 0 Å². The summed E-state index contributed by atoms with van der Waals surface area (Å²) in [5, 5.41) is 1.22. The summed E-state index contributed by atoms with van der Waals surface area (Å²) in [6.07, 6.45) is 11.3. The Morgan fingerprint density at radius 1 is 1.05 bits per heavy atom. The van der Waals surface area contributed by atoms with Crippen LogP contribution in [0.25, 0.3) is 10.9 Å². The number of nitrogens with zero attached hydrogens (tertiary/aromatic N) is 1. The molecule has 0 radical (unpaired) electrons. The highest BCUT2D eigenvalue weighted by Gasteiger charge is 2.18. The number of nitrogens with two attached hydrogens (primary N) is 1. The molecule has 0 bridgehead atoms. The fourth-order valence-corrected chi connectivity index (χ4v) is 3.54. The van der Waals surface area contributed by atoms with Crippen LogP contribution in [0.15, 0.2) is 36.5 Å². The van der Waals surface area contributed by atoms with Crippen LogP contribution in [0.2, 0.25) is 0 Å². The minimum absolute atomic E-state index is 0.144. The molecule has 1 aromatic carbocycles.